The van der Waals surface area contributed by atoms with Gasteiger partial charge in [0.25, 0.3) is 0 Å². The number of amides is 1. The van der Waals surface area contributed by atoms with Crippen LogP contribution >= 0.6 is 0 Å². The first-order chi connectivity index (χ1) is 9.09. The Morgan fingerprint density at radius 1 is 1.26 bits per heavy atom. The minimum atomic E-state index is -1.57. The number of carboxylic acids is 1. The molecule has 0 heterocycles. The summed E-state index contributed by atoms with van der Waals surface area (Å²) in [6.07, 6.45) is -0.826. The molecule has 0 saturated heterocycles. The Labute approximate surface area is 111 Å². The van der Waals surface area contributed by atoms with Gasteiger partial charge in [-0.1, -0.05) is 18.2 Å². The van der Waals surface area contributed by atoms with E-state index >= 15 is 0 Å². The molecule has 1 atom stereocenters. The van der Waals surface area contributed by atoms with Crippen LogP contribution in [0.25, 0.3) is 0 Å². The van der Waals surface area contributed by atoms with Crippen molar-refractivity contribution in [1.82, 2.24) is 5.32 Å². The number of rotatable bonds is 8. The van der Waals surface area contributed by atoms with Gasteiger partial charge in [0, 0.05) is 6.42 Å². The minimum Gasteiger partial charge on any atom is -0.494 e. The van der Waals surface area contributed by atoms with Crippen LogP contribution in [-0.4, -0.2) is 41.3 Å². The SMILES string of the molecule is O=C(CCCOc1ccccc1)NC[C@H](O)C(=O)O. The number of benzene rings is 1. The van der Waals surface area contributed by atoms with E-state index in [4.69, 9.17) is 14.9 Å². The largest absolute Gasteiger partial charge is 0.494 e. The minimum absolute atomic E-state index is 0.221. The van der Waals surface area contributed by atoms with Gasteiger partial charge in [0.05, 0.1) is 13.2 Å². The highest BCUT2D eigenvalue weighted by atomic mass is 16.5. The van der Waals surface area contributed by atoms with Crippen LogP contribution in [0.2, 0.25) is 0 Å². The molecule has 0 aliphatic heterocycles. The molecule has 3 N–H and O–H groups in total. The smallest absolute Gasteiger partial charge is 0.334 e. The number of carbonyl (C=O) groups is 2. The van der Waals surface area contributed by atoms with Crippen LogP contribution in [-0.2, 0) is 9.59 Å². The van der Waals surface area contributed by atoms with Gasteiger partial charge in [-0.05, 0) is 18.6 Å². The van der Waals surface area contributed by atoms with E-state index in [0.29, 0.717) is 13.0 Å². The zero-order valence-corrected chi connectivity index (χ0v) is 10.4. The monoisotopic (exact) mass is 267 g/mol. The summed E-state index contributed by atoms with van der Waals surface area (Å²) in [5.74, 6) is -0.922. The molecule has 0 unspecified atom stereocenters. The molecule has 0 saturated carbocycles. The maximum absolute atomic E-state index is 11.3. The molecule has 6 heteroatoms. The third kappa shape index (κ3) is 6.42. The summed E-state index contributed by atoms with van der Waals surface area (Å²) in [6.45, 7) is 0.118. The summed E-state index contributed by atoms with van der Waals surface area (Å²) in [5, 5.41) is 19.7. The number of hydrogen-bond donors (Lipinski definition) is 3. The van der Waals surface area contributed by atoms with Crippen molar-refractivity contribution < 1.29 is 24.5 Å². The van der Waals surface area contributed by atoms with E-state index in [9.17, 15) is 9.59 Å². The molecule has 6 nitrogen and oxygen atoms in total. The zero-order valence-electron chi connectivity index (χ0n) is 10.4. The number of aliphatic hydroxyl groups excluding tert-OH is 1. The molecule has 0 bridgehead atoms. The molecule has 1 aromatic carbocycles. The molecule has 0 fully saturated rings. The third-order valence-electron chi connectivity index (χ3n) is 2.34. The molecule has 0 aliphatic rings. The van der Waals surface area contributed by atoms with Crippen molar-refractivity contribution >= 4 is 11.9 Å². The van der Waals surface area contributed by atoms with Crippen LogP contribution in [0.4, 0.5) is 0 Å². The fourth-order valence-corrected chi connectivity index (χ4v) is 1.33. The molecular formula is C13H17NO5. The second-order valence-corrected chi connectivity index (χ2v) is 3.92. The number of para-hydroxylation sites is 1. The molecule has 104 valence electrons. The summed E-state index contributed by atoms with van der Waals surface area (Å²) in [7, 11) is 0. The molecule has 0 aliphatic carbocycles. The van der Waals surface area contributed by atoms with Crippen LogP contribution < -0.4 is 10.1 Å². The topological polar surface area (TPSA) is 95.9 Å². The van der Waals surface area contributed by atoms with E-state index in [1.165, 1.54) is 0 Å². The number of carboxylic acid groups (broad SMARTS) is 1. The number of ether oxygens (including phenoxy) is 1. The maximum atomic E-state index is 11.3. The van der Waals surface area contributed by atoms with Gasteiger partial charge < -0.3 is 20.3 Å². The lowest BCUT2D eigenvalue weighted by Crippen LogP contribution is -2.36. The third-order valence-corrected chi connectivity index (χ3v) is 2.34. The van der Waals surface area contributed by atoms with Crippen LogP contribution in [0, 0.1) is 0 Å². The second kappa shape index (κ2) is 8.10. The number of aliphatic hydroxyl groups is 1. The summed E-state index contributed by atoms with van der Waals surface area (Å²) >= 11 is 0. The van der Waals surface area contributed by atoms with E-state index in [1.54, 1.807) is 0 Å². The van der Waals surface area contributed by atoms with Gasteiger partial charge in [-0.2, -0.15) is 0 Å². The van der Waals surface area contributed by atoms with E-state index < -0.39 is 12.1 Å². The zero-order chi connectivity index (χ0) is 14.1. The Kier molecular flexibility index (Phi) is 6.38. The van der Waals surface area contributed by atoms with Gasteiger partial charge in [-0.25, -0.2) is 4.79 Å². The normalized spacial score (nSPS) is 11.6. The Hall–Kier alpha value is -2.08. The molecule has 19 heavy (non-hydrogen) atoms. The molecule has 0 aromatic heterocycles. The van der Waals surface area contributed by atoms with Gasteiger partial charge in [0.1, 0.15) is 5.75 Å². The fourth-order valence-electron chi connectivity index (χ4n) is 1.33. The summed E-state index contributed by atoms with van der Waals surface area (Å²) in [4.78, 5) is 21.6. The highest BCUT2D eigenvalue weighted by Gasteiger charge is 2.13. The lowest BCUT2D eigenvalue weighted by molar-refractivity contribution is -0.146. The highest BCUT2D eigenvalue weighted by Crippen LogP contribution is 2.08. The quantitative estimate of drug-likeness (QED) is 0.593. The summed E-state index contributed by atoms with van der Waals surface area (Å²) in [5.41, 5.74) is 0. The molecular weight excluding hydrogens is 250 g/mol. The molecule has 1 amide bonds. The lowest BCUT2D eigenvalue weighted by Gasteiger charge is -2.08. The van der Waals surface area contributed by atoms with Crippen molar-refractivity contribution in [1.29, 1.82) is 0 Å². The Morgan fingerprint density at radius 2 is 1.95 bits per heavy atom. The van der Waals surface area contributed by atoms with Crippen LogP contribution in [0.5, 0.6) is 5.75 Å². The molecule has 0 radical (unpaired) electrons. The Bertz CT molecular complexity index is 407. The van der Waals surface area contributed by atoms with E-state index in [2.05, 4.69) is 5.32 Å². The first kappa shape index (κ1) is 15.0. The molecule has 0 spiro atoms. The Morgan fingerprint density at radius 3 is 2.58 bits per heavy atom. The number of hydrogen-bond acceptors (Lipinski definition) is 4. The highest BCUT2D eigenvalue weighted by molar-refractivity contribution is 5.77. The van der Waals surface area contributed by atoms with E-state index in [-0.39, 0.29) is 18.9 Å². The van der Waals surface area contributed by atoms with Crippen molar-refractivity contribution in [3.63, 3.8) is 0 Å². The van der Waals surface area contributed by atoms with Crippen molar-refractivity contribution in [3.05, 3.63) is 30.3 Å². The first-order valence-electron chi connectivity index (χ1n) is 5.95. The fraction of sp³-hybridized carbons (Fsp3) is 0.385. The lowest BCUT2D eigenvalue weighted by atomic mass is 10.3. The van der Waals surface area contributed by atoms with Gasteiger partial charge in [-0.15, -0.1) is 0 Å². The van der Waals surface area contributed by atoms with Crippen molar-refractivity contribution in [2.75, 3.05) is 13.2 Å². The number of nitrogens with one attached hydrogen (secondary N) is 1. The Balaban J connectivity index is 2.09. The van der Waals surface area contributed by atoms with Gasteiger partial charge in [-0.3, -0.25) is 4.79 Å². The maximum Gasteiger partial charge on any atom is 0.334 e. The second-order valence-electron chi connectivity index (χ2n) is 3.92. The standard InChI is InChI=1S/C13H17NO5/c15-11(13(17)18)9-14-12(16)7-4-8-19-10-5-2-1-3-6-10/h1-3,5-6,11,15H,4,7-9H2,(H,14,16)(H,17,18)/t11-/m0/s1. The number of carbonyl (C=O) groups excluding carboxylic acids is 1. The predicted molar refractivity (Wildman–Crippen MR) is 67.8 cm³/mol. The van der Waals surface area contributed by atoms with Crippen molar-refractivity contribution in [2.24, 2.45) is 0 Å². The predicted octanol–water partition coefficient (Wildman–Crippen LogP) is 0.407. The van der Waals surface area contributed by atoms with Gasteiger partial charge >= 0.3 is 5.97 Å². The average molecular weight is 267 g/mol. The van der Waals surface area contributed by atoms with E-state index in [0.717, 1.165) is 5.75 Å². The average Bonchev–Trinajstić information content (AvgIpc) is 2.42. The van der Waals surface area contributed by atoms with E-state index in [1.807, 2.05) is 30.3 Å². The molecule has 1 aromatic rings. The number of aliphatic carboxylic acids is 1. The first-order valence-corrected chi connectivity index (χ1v) is 5.95. The van der Waals surface area contributed by atoms with Crippen molar-refractivity contribution in [3.8, 4) is 5.75 Å². The summed E-state index contributed by atoms with van der Waals surface area (Å²) < 4.78 is 5.40. The molecule has 1 rings (SSSR count). The van der Waals surface area contributed by atoms with Crippen LogP contribution in [0.1, 0.15) is 12.8 Å². The van der Waals surface area contributed by atoms with Crippen molar-refractivity contribution in [2.45, 2.75) is 18.9 Å². The summed E-state index contributed by atoms with van der Waals surface area (Å²) in [6, 6.07) is 9.24. The van der Waals surface area contributed by atoms with Crippen LogP contribution in [0.3, 0.4) is 0 Å². The van der Waals surface area contributed by atoms with Gasteiger partial charge in [0.2, 0.25) is 5.91 Å². The van der Waals surface area contributed by atoms with Crippen LogP contribution in [0.15, 0.2) is 30.3 Å². The van der Waals surface area contributed by atoms with Gasteiger partial charge in [0.15, 0.2) is 6.10 Å².